The summed E-state index contributed by atoms with van der Waals surface area (Å²) in [4.78, 5) is 0. The number of aliphatic hydroxyl groups is 1. The van der Waals surface area contributed by atoms with E-state index in [0.717, 1.165) is 5.56 Å². The average Bonchev–Trinajstić information content (AvgIpc) is 2.40. The van der Waals surface area contributed by atoms with Crippen molar-refractivity contribution in [2.75, 3.05) is 0 Å². The Hall–Kier alpha value is -1.38. The second-order valence-corrected chi connectivity index (χ2v) is 5.72. The SMILES string of the molecule is OC(c1cccc(C2CCC2)c1)c1cccc(F)c1Cl. The molecule has 0 amide bonds. The lowest BCUT2D eigenvalue weighted by Crippen LogP contribution is -2.10. The topological polar surface area (TPSA) is 20.2 Å². The van der Waals surface area contributed by atoms with Crippen molar-refractivity contribution in [2.24, 2.45) is 0 Å². The molecular weight excluding hydrogens is 275 g/mol. The zero-order valence-electron chi connectivity index (χ0n) is 11.0. The molecule has 0 bridgehead atoms. The Labute approximate surface area is 123 Å². The lowest BCUT2D eigenvalue weighted by atomic mass is 9.79. The molecule has 1 nitrogen and oxygen atoms in total. The Morgan fingerprint density at radius 3 is 2.60 bits per heavy atom. The van der Waals surface area contributed by atoms with Gasteiger partial charge in [-0.1, -0.05) is 54.4 Å². The molecule has 0 spiro atoms. The molecule has 0 aliphatic heterocycles. The van der Waals surface area contributed by atoms with Crippen molar-refractivity contribution in [1.82, 2.24) is 0 Å². The summed E-state index contributed by atoms with van der Waals surface area (Å²) in [7, 11) is 0. The molecule has 1 aliphatic carbocycles. The minimum Gasteiger partial charge on any atom is -0.384 e. The van der Waals surface area contributed by atoms with Gasteiger partial charge in [0.25, 0.3) is 0 Å². The molecule has 2 aromatic rings. The maximum Gasteiger partial charge on any atom is 0.142 e. The van der Waals surface area contributed by atoms with Crippen LogP contribution in [0.4, 0.5) is 4.39 Å². The summed E-state index contributed by atoms with van der Waals surface area (Å²) in [5.41, 5.74) is 2.43. The summed E-state index contributed by atoms with van der Waals surface area (Å²) in [6, 6.07) is 12.4. The highest BCUT2D eigenvalue weighted by Crippen LogP contribution is 2.38. The quantitative estimate of drug-likeness (QED) is 0.858. The fraction of sp³-hybridized carbons (Fsp3) is 0.294. The molecule has 3 heteroatoms. The van der Waals surface area contributed by atoms with E-state index in [9.17, 15) is 9.50 Å². The maximum atomic E-state index is 13.5. The van der Waals surface area contributed by atoms with Gasteiger partial charge in [0.15, 0.2) is 0 Å². The highest BCUT2D eigenvalue weighted by atomic mass is 35.5. The van der Waals surface area contributed by atoms with E-state index < -0.39 is 11.9 Å². The predicted octanol–water partition coefficient (Wildman–Crippen LogP) is 4.83. The van der Waals surface area contributed by atoms with Crippen LogP contribution in [-0.4, -0.2) is 5.11 Å². The van der Waals surface area contributed by atoms with Crippen molar-refractivity contribution in [3.05, 3.63) is 70.0 Å². The van der Waals surface area contributed by atoms with Gasteiger partial charge in [0.05, 0.1) is 5.02 Å². The smallest absolute Gasteiger partial charge is 0.142 e. The molecule has 2 aromatic carbocycles. The zero-order valence-corrected chi connectivity index (χ0v) is 11.8. The highest BCUT2D eigenvalue weighted by Gasteiger charge is 2.21. The third-order valence-electron chi connectivity index (χ3n) is 4.08. The number of rotatable bonds is 3. The standard InChI is InChI=1S/C17H16ClFO/c18-16-14(8-3-9-15(16)19)17(20)13-7-2-6-12(10-13)11-4-1-5-11/h2-3,6-11,17,20H,1,4-5H2. The molecule has 1 unspecified atom stereocenters. The summed E-state index contributed by atoms with van der Waals surface area (Å²) in [5, 5.41) is 10.4. The van der Waals surface area contributed by atoms with Crippen LogP contribution in [0.1, 0.15) is 48.0 Å². The summed E-state index contributed by atoms with van der Waals surface area (Å²) in [6.07, 6.45) is 2.80. The molecule has 0 aromatic heterocycles. The van der Waals surface area contributed by atoms with Gasteiger partial charge in [-0.05, 0) is 36.0 Å². The first kappa shape index (κ1) is 13.6. The van der Waals surface area contributed by atoms with Gasteiger partial charge in [-0.2, -0.15) is 0 Å². The molecule has 20 heavy (non-hydrogen) atoms. The van der Waals surface area contributed by atoms with E-state index in [1.165, 1.54) is 30.9 Å². The van der Waals surface area contributed by atoms with Crippen LogP contribution in [0.15, 0.2) is 42.5 Å². The Morgan fingerprint density at radius 2 is 1.90 bits per heavy atom. The number of benzene rings is 2. The number of halogens is 2. The molecule has 1 N–H and O–H groups in total. The lowest BCUT2D eigenvalue weighted by Gasteiger charge is -2.26. The van der Waals surface area contributed by atoms with Gasteiger partial charge in [0.1, 0.15) is 11.9 Å². The van der Waals surface area contributed by atoms with Gasteiger partial charge in [-0.3, -0.25) is 0 Å². The lowest BCUT2D eigenvalue weighted by molar-refractivity contribution is 0.219. The first-order valence-electron chi connectivity index (χ1n) is 6.88. The van der Waals surface area contributed by atoms with E-state index in [2.05, 4.69) is 6.07 Å². The highest BCUT2D eigenvalue weighted by molar-refractivity contribution is 6.31. The number of hydrogen-bond donors (Lipinski definition) is 1. The van der Waals surface area contributed by atoms with E-state index in [1.54, 1.807) is 12.1 Å². The molecule has 1 aliphatic rings. The largest absolute Gasteiger partial charge is 0.384 e. The van der Waals surface area contributed by atoms with E-state index >= 15 is 0 Å². The molecule has 0 saturated heterocycles. The molecule has 104 valence electrons. The number of hydrogen-bond acceptors (Lipinski definition) is 1. The van der Waals surface area contributed by atoms with Crippen LogP contribution < -0.4 is 0 Å². The predicted molar refractivity (Wildman–Crippen MR) is 78.5 cm³/mol. The second kappa shape index (κ2) is 5.55. The minimum atomic E-state index is -0.891. The molecule has 0 radical (unpaired) electrons. The third kappa shape index (κ3) is 2.46. The van der Waals surface area contributed by atoms with Crippen LogP contribution in [0, 0.1) is 5.82 Å². The van der Waals surface area contributed by atoms with Crippen molar-refractivity contribution in [3.63, 3.8) is 0 Å². The van der Waals surface area contributed by atoms with Crippen molar-refractivity contribution in [1.29, 1.82) is 0 Å². The van der Waals surface area contributed by atoms with Crippen LogP contribution in [-0.2, 0) is 0 Å². The van der Waals surface area contributed by atoms with Gasteiger partial charge in [-0.15, -0.1) is 0 Å². The Kier molecular flexibility index (Phi) is 3.77. The van der Waals surface area contributed by atoms with Gasteiger partial charge in [0.2, 0.25) is 0 Å². The van der Waals surface area contributed by atoms with Crippen molar-refractivity contribution in [3.8, 4) is 0 Å². The van der Waals surface area contributed by atoms with Crippen LogP contribution >= 0.6 is 11.6 Å². The van der Waals surface area contributed by atoms with Crippen molar-refractivity contribution < 1.29 is 9.50 Å². The van der Waals surface area contributed by atoms with Crippen LogP contribution in [0.5, 0.6) is 0 Å². The number of aliphatic hydroxyl groups excluding tert-OH is 1. The molecule has 0 heterocycles. The van der Waals surface area contributed by atoms with Gasteiger partial charge >= 0.3 is 0 Å². The summed E-state index contributed by atoms with van der Waals surface area (Å²) < 4.78 is 13.5. The average molecular weight is 291 g/mol. The second-order valence-electron chi connectivity index (χ2n) is 5.34. The van der Waals surface area contributed by atoms with E-state index in [-0.39, 0.29) is 5.02 Å². The van der Waals surface area contributed by atoms with Crippen molar-refractivity contribution in [2.45, 2.75) is 31.3 Å². The van der Waals surface area contributed by atoms with Gasteiger partial charge in [0, 0.05) is 5.56 Å². The summed E-state index contributed by atoms with van der Waals surface area (Å²) in [5.74, 6) is 0.100. The van der Waals surface area contributed by atoms with Crippen LogP contribution in [0.25, 0.3) is 0 Å². The van der Waals surface area contributed by atoms with E-state index in [1.807, 2.05) is 18.2 Å². The van der Waals surface area contributed by atoms with Crippen LogP contribution in [0.2, 0.25) is 5.02 Å². The Balaban J connectivity index is 1.93. The summed E-state index contributed by atoms with van der Waals surface area (Å²) in [6.45, 7) is 0. The summed E-state index contributed by atoms with van der Waals surface area (Å²) >= 11 is 5.94. The maximum absolute atomic E-state index is 13.5. The normalized spacial score (nSPS) is 16.8. The van der Waals surface area contributed by atoms with E-state index in [4.69, 9.17) is 11.6 Å². The third-order valence-corrected chi connectivity index (χ3v) is 4.48. The monoisotopic (exact) mass is 290 g/mol. The molecule has 3 rings (SSSR count). The fourth-order valence-electron chi connectivity index (χ4n) is 2.64. The van der Waals surface area contributed by atoms with Crippen LogP contribution in [0.3, 0.4) is 0 Å². The Morgan fingerprint density at radius 1 is 1.15 bits per heavy atom. The minimum absolute atomic E-state index is 0.00551. The van der Waals surface area contributed by atoms with E-state index in [0.29, 0.717) is 11.5 Å². The first-order chi connectivity index (χ1) is 9.66. The van der Waals surface area contributed by atoms with Gasteiger partial charge < -0.3 is 5.11 Å². The molecule has 1 fully saturated rings. The molecule has 1 atom stereocenters. The van der Waals surface area contributed by atoms with Crippen molar-refractivity contribution >= 4 is 11.6 Å². The Bertz CT molecular complexity index is 622. The first-order valence-corrected chi connectivity index (χ1v) is 7.26. The fourth-order valence-corrected chi connectivity index (χ4v) is 2.87. The molecule has 1 saturated carbocycles. The van der Waals surface area contributed by atoms with Gasteiger partial charge in [-0.25, -0.2) is 4.39 Å². The zero-order chi connectivity index (χ0) is 14.1. The molecular formula is C17H16ClFO.